The number of rotatable bonds is 7. The number of hydrogen-bond acceptors (Lipinski definition) is 3. The summed E-state index contributed by atoms with van der Waals surface area (Å²) in [7, 11) is -2.12. The summed E-state index contributed by atoms with van der Waals surface area (Å²) in [6, 6.07) is 10.0. The second-order valence-electron chi connectivity index (χ2n) is 7.11. The third-order valence-electron chi connectivity index (χ3n) is 5.43. The van der Waals surface area contributed by atoms with Gasteiger partial charge in [0.1, 0.15) is 10.6 Å². The summed E-state index contributed by atoms with van der Waals surface area (Å²) in [6.45, 7) is 4.48. The summed E-state index contributed by atoms with van der Waals surface area (Å²) in [5.41, 5.74) is 5.77. The van der Waals surface area contributed by atoms with Crippen LogP contribution in [0.15, 0.2) is 35.2 Å². The molecule has 5 heteroatoms. The Morgan fingerprint density at radius 2 is 1.67 bits per heavy atom. The van der Waals surface area contributed by atoms with Gasteiger partial charge in [0.25, 0.3) is 0 Å². The molecule has 2 aromatic rings. The lowest BCUT2D eigenvalue weighted by Crippen LogP contribution is -2.25. The Hall–Kier alpha value is -1.85. The first kappa shape index (κ1) is 19.9. The molecule has 27 heavy (non-hydrogen) atoms. The molecule has 0 fully saturated rings. The minimum absolute atomic E-state index is 0.246. The summed E-state index contributed by atoms with van der Waals surface area (Å²) < 4.78 is 34.3. The zero-order valence-corrected chi connectivity index (χ0v) is 17.3. The van der Waals surface area contributed by atoms with Crippen LogP contribution in [-0.2, 0) is 42.3 Å². The van der Waals surface area contributed by atoms with Crippen molar-refractivity contribution < 1.29 is 13.2 Å². The molecule has 0 saturated heterocycles. The maximum atomic E-state index is 13.0. The number of methoxy groups -OCH3 is 1. The van der Waals surface area contributed by atoms with Gasteiger partial charge in [0.05, 0.1) is 7.11 Å². The van der Waals surface area contributed by atoms with Crippen molar-refractivity contribution in [1.29, 1.82) is 0 Å². The molecule has 2 aromatic carbocycles. The van der Waals surface area contributed by atoms with Crippen molar-refractivity contribution in [2.75, 3.05) is 7.11 Å². The molecule has 0 unspecified atom stereocenters. The summed E-state index contributed by atoms with van der Waals surface area (Å²) in [4.78, 5) is 0.246. The number of ether oxygens (including phenoxy) is 1. The van der Waals surface area contributed by atoms with E-state index in [0.717, 1.165) is 49.7 Å². The van der Waals surface area contributed by atoms with Crippen LogP contribution in [0.2, 0.25) is 0 Å². The highest BCUT2D eigenvalue weighted by molar-refractivity contribution is 7.89. The zero-order chi connectivity index (χ0) is 19.4. The molecule has 1 aliphatic carbocycles. The molecule has 0 atom stereocenters. The van der Waals surface area contributed by atoms with Crippen LogP contribution < -0.4 is 9.46 Å². The fraction of sp³-hybridized carbons (Fsp3) is 0.455. The summed E-state index contributed by atoms with van der Waals surface area (Å²) in [5.74, 6) is 0.432. The number of aryl methyl sites for hydroxylation is 4. The Balaban J connectivity index is 1.89. The largest absolute Gasteiger partial charge is 0.495 e. The van der Waals surface area contributed by atoms with E-state index in [4.69, 9.17) is 4.74 Å². The van der Waals surface area contributed by atoms with Crippen molar-refractivity contribution in [2.45, 2.75) is 63.8 Å². The second-order valence-corrected chi connectivity index (χ2v) is 8.85. The van der Waals surface area contributed by atoms with Gasteiger partial charge in [0.2, 0.25) is 10.0 Å². The van der Waals surface area contributed by atoms with E-state index in [-0.39, 0.29) is 4.90 Å². The van der Waals surface area contributed by atoms with E-state index in [9.17, 15) is 8.42 Å². The number of nitrogens with one attached hydrogen (secondary N) is 1. The molecule has 0 amide bonds. The van der Waals surface area contributed by atoms with Gasteiger partial charge in [-0.1, -0.05) is 32.0 Å². The molecule has 0 bridgehead atoms. The monoisotopic (exact) mass is 387 g/mol. The van der Waals surface area contributed by atoms with Crippen LogP contribution in [0.4, 0.5) is 0 Å². The molecule has 0 saturated carbocycles. The number of hydrogen-bond donors (Lipinski definition) is 1. The normalized spacial score (nSPS) is 14.0. The maximum absolute atomic E-state index is 13.0. The van der Waals surface area contributed by atoms with E-state index in [1.54, 1.807) is 6.07 Å². The molecule has 0 aliphatic heterocycles. The van der Waals surface area contributed by atoms with E-state index in [0.29, 0.717) is 12.3 Å². The van der Waals surface area contributed by atoms with Crippen molar-refractivity contribution in [3.63, 3.8) is 0 Å². The Morgan fingerprint density at radius 3 is 2.30 bits per heavy atom. The summed E-state index contributed by atoms with van der Waals surface area (Å²) in [5, 5.41) is 0. The minimum atomic E-state index is -3.65. The van der Waals surface area contributed by atoms with Gasteiger partial charge in [0.15, 0.2) is 0 Å². The van der Waals surface area contributed by atoms with E-state index >= 15 is 0 Å². The Bertz CT molecular complexity index is 919. The van der Waals surface area contributed by atoms with E-state index in [1.165, 1.54) is 23.8 Å². The topological polar surface area (TPSA) is 55.4 Å². The van der Waals surface area contributed by atoms with Crippen molar-refractivity contribution >= 4 is 10.0 Å². The third kappa shape index (κ3) is 4.36. The first-order chi connectivity index (χ1) is 13.0. The van der Waals surface area contributed by atoms with Crippen LogP contribution in [0.25, 0.3) is 0 Å². The fourth-order valence-electron chi connectivity index (χ4n) is 3.77. The predicted molar refractivity (Wildman–Crippen MR) is 109 cm³/mol. The van der Waals surface area contributed by atoms with Gasteiger partial charge in [-0.25, -0.2) is 13.1 Å². The van der Waals surface area contributed by atoms with Crippen molar-refractivity contribution in [3.05, 3.63) is 58.1 Å². The lowest BCUT2D eigenvalue weighted by Gasteiger charge is -2.19. The number of fused-ring (bicyclic) bond motifs is 1. The zero-order valence-electron chi connectivity index (χ0n) is 16.5. The van der Waals surface area contributed by atoms with Crippen LogP contribution in [-0.4, -0.2) is 15.5 Å². The van der Waals surface area contributed by atoms with Gasteiger partial charge in [-0.2, -0.15) is 0 Å². The standard InChI is InChI=1S/C22H29NO3S/c1-4-16-10-11-17(5-2)20(12-16)15-23-27(24,25)22-14-19-9-7-6-8-18(19)13-21(22)26-3/h10-14,23H,4-9,15H2,1-3H3. The van der Waals surface area contributed by atoms with Crippen LogP contribution in [0.1, 0.15) is 54.5 Å². The number of sulfonamides is 1. The molecule has 0 aromatic heterocycles. The SMILES string of the molecule is CCc1ccc(CC)c(CNS(=O)(=O)c2cc3c(cc2OC)CCCC3)c1. The highest BCUT2D eigenvalue weighted by Gasteiger charge is 2.23. The van der Waals surface area contributed by atoms with Gasteiger partial charge in [-0.3, -0.25) is 0 Å². The highest BCUT2D eigenvalue weighted by atomic mass is 32.2. The van der Waals surface area contributed by atoms with Crippen molar-refractivity contribution in [1.82, 2.24) is 4.72 Å². The minimum Gasteiger partial charge on any atom is -0.495 e. The molecule has 146 valence electrons. The van der Waals surface area contributed by atoms with Gasteiger partial charge >= 0.3 is 0 Å². The van der Waals surface area contributed by atoms with Crippen LogP contribution in [0, 0.1) is 0 Å². The lowest BCUT2D eigenvalue weighted by atomic mass is 9.92. The molecule has 4 nitrogen and oxygen atoms in total. The van der Waals surface area contributed by atoms with E-state index < -0.39 is 10.0 Å². The molecule has 0 spiro atoms. The highest BCUT2D eigenvalue weighted by Crippen LogP contribution is 2.32. The Morgan fingerprint density at radius 1 is 0.963 bits per heavy atom. The predicted octanol–water partition coefficient (Wildman–Crippen LogP) is 4.18. The van der Waals surface area contributed by atoms with Gasteiger partial charge < -0.3 is 4.74 Å². The molecular weight excluding hydrogens is 358 g/mol. The maximum Gasteiger partial charge on any atom is 0.244 e. The first-order valence-electron chi connectivity index (χ1n) is 9.78. The fourth-order valence-corrected chi connectivity index (χ4v) is 4.97. The van der Waals surface area contributed by atoms with Crippen LogP contribution in [0.3, 0.4) is 0 Å². The molecular formula is C22H29NO3S. The molecule has 0 heterocycles. The second kappa shape index (κ2) is 8.44. The van der Waals surface area contributed by atoms with Crippen LogP contribution in [0.5, 0.6) is 5.75 Å². The molecule has 1 N–H and O–H groups in total. The van der Waals surface area contributed by atoms with E-state index in [2.05, 4.69) is 36.8 Å². The van der Waals surface area contributed by atoms with Gasteiger partial charge in [-0.15, -0.1) is 0 Å². The molecule has 1 aliphatic rings. The molecule has 0 radical (unpaired) electrons. The lowest BCUT2D eigenvalue weighted by molar-refractivity contribution is 0.401. The average molecular weight is 388 g/mol. The summed E-state index contributed by atoms with van der Waals surface area (Å²) >= 11 is 0. The Kier molecular flexibility index (Phi) is 6.22. The Labute approximate surface area is 163 Å². The first-order valence-corrected chi connectivity index (χ1v) is 11.3. The third-order valence-corrected chi connectivity index (χ3v) is 6.85. The molecule has 3 rings (SSSR count). The quantitative estimate of drug-likeness (QED) is 0.775. The summed E-state index contributed by atoms with van der Waals surface area (Å²) in [6.07, 6.45) is 5.99. The van der Waals surface area contributed by atoms with Crippen LogP contribution >= 0.6 is 0 Å². The van der Waals surface area contributed by atoms with Gasteiger partial charge in [-0.05, 0) is 78.5 Å². The average Bonchev–Trinajstić information content (AvgIpc) is 2.70. The number of benzene rings is 2. The van der Waals surface area contributed by atoms with Crippen molar-refractivity contribution in [2.24, 2.45) is 0 Å². The van der Waals surface area contributed by atoms with Crippen molar-refractivity contribution in [3.8, 4) is 5.75 Å². The smallest absolute Gasteiger partial charge is 0.244 e. The van der Waals surface area contributed by atoms with E-state index in [1.807, 2.05) is 6.07 Å². The van der Waals surface area contributed by atoms with Gasteiger partial charge in [0, 0.05) is 6.54 Å².